The quantitative estimate of drug-likeness (QED) is 0.747. The van der Waals surface area contributed by atoms with Gasteiger partial charge in [0.1, 0.15) is 5.76 Å². The van der Waals surface area contributed by atoms with Crippen molar-refractivity contribution in [2.45, 2.75) is 13.1 Å². The number of hydrogen-bond donors (Lipinski definition) is 1. The van der Waals surface area contributed by atoms with Crippen molar-refractivity contribution >= 4 is 11.3 Å². The molecule has 0 amide bonds. The fourth-order valence-corrected chi connectivity index (χ4v) is 2.94. The highest BCUT2D eigenvalue weighted by Crippen LogP contribution is 2.27. The Morgan fingerprint density at radius 2 is 1.79 bits per heavy atom. The zero-order valence-corrected chi connectivity index (χ0v) is 11.3. The van der Waals surface area contributed by atoms with Gasteiger partial charge in [0.05, 0.1) is 12.8 Å². The molecule has 1 N–H and O–H groups in total. The maximum Gasteiger partial charge on any atom is 0.117 e. The first-order chi connectivity index (χ1) is 9.42. The number of nitrogens with one attached hydrogen (secondary N) is 1. The first-order valence-electron chi connectivity index (χ1n) is 6.29. The number of rotatable bonds is 5. The van der Waals surface area contributed by atoms with Crippen molar-refractivity contribution in [2.75, 3.05) is 0 Å². The molecule has 0 fully saturated rings. The van der Waals surface area contributed by atoms with Gasteiger partial charge in [0.2, 0.25) is 0 Å². The molecule has 19 heavy (non-hydrogen) atoms. The molecule has 3 rings (SSSR count). The van der Waals surface area contributed by atoms with Gasteiger partial charge in [-0.25, -0.2) is 0 Å². The number of furan rings is 1. The van der Waals surface area contributed by atoms with Crippen LogP contribution in [0, 0.1) is 0 Å². The summed E-state index contributed by atoms with van der Waals surface area (Å²) in [4.78, 5) is 2.65. The Hall–Kier alpha value is -1.84. The highest BCUT2D eigenvalue weighted by Gasteiger charge is 2.02. The third-order valence-electron chi connectivity index (χ3n) is 2.90. The average molecular weight is 269 g/mol. The molecule has 0 aliphatic rings. The van der Waals surface area contributed by atoms with Crippen LogP contribution in [0.25, 0.3) is 10.4 Å². The normalized spacial score (nSPS) is 10.7. The molecule has 2 heterocycles. The largest absolute Gasteiger partial charge is 0.468 e. The zero-order valence-electron chi connectivity index (χ0n) is 10.5. The van der Waals surface area contributed by atoms with Gasteiger partial charge < -0.3 is 9.73 Å². The lowest BCUT2D eigenvalue weighted by molar-refractivity contribution is 0.483. The molecule has 0 aliphatic carbocycles. The summed E-state index contributed by atoms with van der Waals surface area (Å²) in [6, 6.07) is 18.7. The molecule has 0 unspecified atom stereocenters. The van der Waals surface area contributed by atoms with E-state index >= 15 is 0 Å². The Morgan fingerprint density at radius 1 is 0.895 bits per heavy atom. The van der Waals surface area contributed by atoms with Crippen molar-refractivity contribution in [3.05, 3.63) is 71.5 Å². The maximum absolute atomic E-state index is 5.29. The molecule has 0 saturated heterocycles. The van der Waals surface area contributed by atoms with E-state index < -0.39 is 0 Å². The van der Waals surface area contributed by atoms with Gasteiger partial charge >= 0.3 is 0 Å². The Labute approximate surface area is 116 Å². The molecule has 1 aromatic carbocycles. The second-order valence-corrected chi connectivity index (χ2v) is 5.48. The summed E-state index contributed by atoms with van der Waals surface area (Å²) in [5.74, 6) is 0.972. The molecule has 0 spiro atoms. The number of benzene rings is 1. The van der Waals surface area contributed by atoms with Crippen LogP contribution >= 0.6 is 11.3 Å². The third kappa shape index (κ3) is 3.13. The predicted molar refractivity (Wildman–Crippen MR) is 79.0 cm³/mol. The van der Waals surface area contributed by atoms with E-state index in [0.29, 0.717) is 0 Å². The average Bonchev–Trinajstić information content (AvgIpc) is 3.11. The Morgan fingerprint density at radius 3 is 2.58 bits per heavy atom. The van der Waals surface area contributed by atoms with Crippen LogP contribution in [0.5, 0.6) is 0 Å². The monoisotopic (exact) mass is 269 g/mol. The highest BCUT2D eigenvalue weighted by atomic mass is 32.1. The minimum Gasteiger partial charge on any atom is -0.468 e. The summed E-state index contributed by atoms with van der Waals surface area (Å²) in [5.41, 5.74) is 1.28. The Balaban J connectivity index is 1.59. The third-order valence-corrected chi connectivity index (χ3v) is 4.03. The maximum atomic E-state index is 5.29. The summed E-state index contributed by atoms with van der Waals surface area (Å²) in [5, 5.41) is 3.39. The highest BCUT2D eigenvalue weighted by molar-refractivity contribution is 7.15. The summed E-state index contributed by atoms with van der Waals surface area (Å²) >= 11 is 1.83. The van der Waals surface area contributed by atoms with Gasteiger partial charge in [0, 0.05) is 16.3 Å². The van der Waals surface area contributed by atoms with Crippen LogP contribution in [0.1, 0.15) is 10.6 Å². The van der Waals surface area contributed by atoms with Crippen LogP contribution in [0.2, 0.25) is 0 Å². The van der Waals surface area contributed by atoms with E-state index in [1.165, 1.54) is 15.3 Å². The minimum atomic E-state index is 0.769. The molecule has 0 saturated carbocycles. The first kappa shape index (κ1) is 12.2. The van der Waals surface area contributed by atoms with Crippen LogP contribution in [0.4, 0.5) is 0 Å². The van der Waals surface area contributed by atoms with Gasteiger partial charge in [-0.1, -0.05) is 30.3 Å². The topological polar surface area (TPSA) is 25.2 Å². The minimum absolute atomic E-state index is 0.769. The molecule has 96 valence electrons. The van der Waals surface area contributed by atoms with Crippen LogP contribution in [0.15, 0.2) is 65.3 Å². The molecule has 2 nitrogen and oxygen atoms in total. The van der Waals surface area contributed by atoms with E-state index in [4.69, 9.17) is 4.42 Å². The Bertz CT molecular complexity index is 613. The van der Waals surface area contributed by atoms with Gasteiger partial charge in [0.25, 0.3) is 0 Å². The summed E-state index contributed by atoms with van der Waals surface area (Å²) in [7, 11) is 0. The fourth-order valence-electron chi connectivity index (χ4n) is 1.95. The number of hydrogen-bond acceptors (Lipinski definition) is 3. The van der Waals surface area contributed by atoms with Gasteiger partial charge in [-0.3, -0.25) is 0 Å². The summed E-state index contributed by atoms with van der Waals surface area (Å²) in [6.45, 7) is 1.64. The van der Waals surface area contributed by atoms with Crippen molar-refractivity contribution in [1.82, 2.24) is 5.32 Å². The molecule has 3 aromatic rings. The van der Waals surface area contributed by atoms with Crippen LogP contribution in [-0.2, 0) is 13.1 Å². The van der Waals surface area contributed by atoms with Crippen molar-refractivity contribution in [3.8, 4) is 10.4 Å². The van der Waals surface area contributed by atoms with E-state index in [1.807, 2.05) is 29.5 Å². The van der Waals surface area contributed by atoms with Gasteiger partial charge in [0.15, 0.2) is 0 Å². The molecule has 3 heteroatoms. The summed E-state index contributed by atoms with van der Waals surface area (Å²) in [6.07, 6.45) is 1.70. The standard InChI is InChI=1S/C16H15NOS/c1-2-5-13(6-3-1)16-9-8-15(19-16)12-17-11-14-7-4-10-18-14/h1-10,17H,11-12H2. The van der Waals surface area contributed by atoms with Gasteiger partial charge in [-0.15, -0.1) is 11.3 Å². The molecule has 0 aliphatic heterocycles. The van der Waals surface area contributed by atoms with E-state index in [2.05, 4.69) is 41.7 Å². The van der Waals surface area contributed by atoms with E-state index in [9.17, 15) is 0 Å². The predicted octanol–water partition coefficient (Wildman–Crippen LogP) is 4.30. The molecular weight excluding hydrogens is 254 g/mol. The van der Waals surface area contributed by atoms with E-state index in [-0.39, 0.29) is 0 Å². The molecular formula is C16H15NOS. The fraction of sp³-hybridized carbons (Fsp3) is 0.125. The zero-order chi connectivity index (χ0) is 12.9. The number of thiophene rings is 1. The smallest absolute Gasteiger partial charge is 0.117 e. The van der Waals surface area contributed by atoms with Crippen LogP contribution in [-0.4, -0.2) is 0 Å². The van der Waals surface area contributed by atoms with E-state index in [0.717, 1.165) is 18.8 Å². The summed E-state index contributed by atoms with van der Waals surface area (Å²) < 4.78 is 5.29. The van der Waals surface area contributed by atoms with Crippen molar-refractivity contribution in [1.29, 1.82) is 0 Å². The molecule has 2 aromatic heterocycles. The molecule has 0 atom stereocenters. The van der Waals surface area contributed by atoms with E-state index in [1.54, 1.807) is 6.26 Å². The van der Waals surface area contributed by atoms with Crippen LogP contribution in [0.3, 0.4) is 0 Å². The lowest BCUT2D eigenvalue weighted by Gasteiger charge is -2.00. The molecule has 0 bridgehead atoms. The second kappa shape index (κ2) is 5.87. The van der Waals surface area contributed by atoms with Gasteiger partial charge in [-0.2, -0.15) is 0 Å². The first-order valence-corrected chi connectivity index (χ1v) is 7.11. The second-order valence-electron chi connectivity index (χ2n) is 4.31. The van der Waals surface area contributed by atoms with Crippen molar-refractivity contribution in [2.24, 2.45) is 0 Å². The lowest BCUT2D eigenvalue weighted by Crippen LogP contribution is -2.10. The van der Waals surface area contributed by atoms with Crippen molar-refractivity contribution in [3.63, 3.8) is 0 Å². The van der Waals surface area contributed by atoms with Crippen molar-refractivity contribution < 1.29 is 4.42 Å². The molecule has 0 radical (unpaired) electrons. The lowest BCUT2D eigenvalue weighted by atomic mass is 10.2. The van der Waals surface area contributed by atoms with Gasteiger partial charge in [-0.05, 0) is 29.8 Å². The Kier molecular flexibility index (Phi) is 3.77. The SMILES string of the molecule is c1ccc(-c2ccc(CNCc3ccco3)s2)cc1. The van der Waals surface area contributed by atoms with Crippen LogP contribution < -0.4 is 5.32 Å².